The van der Waals surface area contributed by atoms with Gasteiger partial charge in [-0.25, -0.2) is 4.98 Å². The van der Waals surface area contributed by atoms with Gasteiger partial charge in [0.15, 0.2) is 5.16 Å². The quantitative estimate of drug-likeness (QED) is 0.382. The molecule has 3 rings (SSSR count). The third kappa shape index (κ3) is 5.98. The van der Waals surface area contributed by atoms with E-state index in [1.807, 2.05) is 31.2 Å². The van der Waals surface area contributed by atoms with Gasteiger partial charge in [-0.1, -0.05) is 50.6 Å². The molecule has 160 valence electrons. The number of hydrogen-bond acceptors (Lipinski definition) is 5. The van der Waals surface area contributed by atoms with Crippen molar-refractivity contribution in [3.05, 3.63) is 58.8 Å². The molecule has 0 fully saturated rings. The van der Waals surface area contributed by atoms with Crippen LogP contribution >= 0.6 is 11.8 Å². The fraction of sp³-hybridized carbons (Fsp3) is 0.435. The standard InChI is InChI=1S/C23H29N3O3S/c1-16(2)8-6-9-17(3)24-21(27)15-30-23-25-20-12-5-4-11-19(20)22(28)26(23)14-18-10-7-13-29-18/h4-5,7,10-13,16-17H,6,8-9,14-15H2,1-3H3,(H,24,27). The first-order chi connectivity index (χ1) is 14.4. The van der Waals surface area contributed by atoms with Crippen LogP contribution in [0, 0.1) is 5.92 Å². The number of benzene rings is 1. The van der Waals surface area contributed by atoms with Gasteiger partial charge in [-0.15, -0.1) is 0 Å². The molecule has 2 heterocycles. The molecule has 3 aromatic rings. The van der Waals surface area contributed by atoms with Crippen molar-refractivity contribution in [2.75, 3.05) is 5.75 Å². The Bertz CT molecular complexity index is 1030. The molecule has 1 atom stereocenters. The second-order valence-corrected chi connectivity index (χ2v) is 8.91. The minimum Gasteiger partial charge on any atom is -0.467 e. The first kappa shape index (κ1) is 22.2. The molecular weight excluding hydrogens is 398 g/mol. The van der Waals surface area contributed by atoms with Crippen LogP contribution in [0.3, 0.4) is 0 Å². The van der Waals surface area contributed by atoms with Crippen molar-refractivity contribution in [3.8, 4) is 0 Å². The molecule has 0 bridgehead atoms. The van der Waals surface area contributed by atoms with Gasteiger partial charge >= 0.3 is 0 Å². The number of carbonyl (C=O) groups is 1. The molecule has 0 aliphatic carbocycles. The summed E-state index contributed by atoms with van der Waals surface area (Å²) in [6, 6.07) is 11.0. The smallest absolute Gasteiger partial charge is 0.262 e. The van der Waals surface area contributed by atoms with Crippen LogP contribution in [0.15, 0.2) is 57.0 Å². The molecular formula is C23H29N3O3S. The van der Waals surface area contributed by atoms with Crippen molar-refractivity contribution in [2.45, 2.75) is 57.8 Å². The number of furan rings is 1. The van der Waals surface area contributed by atoms with Crippen LogP contribution in [0.2, 0.25) is 0 Å². The molecule has 30 heavy (non-hydrogen) atoms. The van der Waals surface area contributed by atoms with Crippen LogP contribution in [0.25, 0.3) is 10.9 Å². The molecule has 0 radical (unpaired) electrons. The molecule has 1 aromatic carbocycles. The molecule has 0 aliphatic rings. The van der Waals surface area contributed by atoms with Crippen LogP contribution in [0.1, 0.15) is 45.8 Å². The van der Waals surface area contributed by atoms with E-state index in [9.17, 15) is 9.59 Å². The van der Waals surface area contributed by atoms with Crippen molar-refractivity contribution in [3.63, 3.8) is 0 Å². The van der Waals surface area contributed by atoms with E-state index in [1.54, 1.807) is 23.0 Å². The number of carbonyl (C=O) groups excluding carboxylic acids is 1. The second-order valence-electron chi connectivity index (χ2n) is 7.96. The summed E-state index contributed by atoms with van der Waals surface area (Å²) in [7, 11) is 0. The number of para-hydroxylation sites is 1. The Morgan fingerprint density at radius 1 is 1.17 bits per heavy atom. The lowest BCUT2D eigenvalue weighted by Gasteiger charge is -2.15. The first-order valence-electron chi connectivity index (χ1n) is 10.4. The maximum Gasteiger partial charge on any atom is 0.262 e. The average Bonchev–Trinajstić information content (AvgIpc) is 3.22. The van der Waals surface area contributed by atoms with Crippen molar-refractivity contribution in [2.24, 2.45) is 5.92 Å². The Morgan fingerprint density at radius 2 is 1.97 bits per heavy atom. The molecule has 1 amide bonds. The number of rotatable bonds is 10. The minimum atomic E-state index is -0.137. The van der Waals surface area contributed by atoms with E-state index in [-0.39, 0.29) is 29.8 Å². The van der Waals surface area contributed by atoms with Crippen LogP contribution in [-0.4, -0.2) is 27.3 Å². The van der Waals surface area contributed by atoms with Crippen molar-refractivity contribution in [1.29, 1.82) is 0 Å². The fourth-order valence-corrected chi connectivity index (χ4v) is 4.12. The maximum atomic E-state index is 13.0. The maximum absolute atomic E-state index is 13.0. The molecule has 1 N–H and O–H groups in total. The Balaban J connectivity index is 1.71. The minimum absolute atomic E-state index is 0.0518. The highest BCUT2D eigenvalue weighted by Gasteiger charge is 2.15. The van der Waals surface area contributed by atoms with Gasteiger partial charge in [0.25, 0.3) is 5.56 Å². The van der Waals surface area contributed by atoms with Crippen molar-refractivity contribution in [1.82, 2.24) is 14.9 Å². The summed E-state index contributed by atoms with van der Waals surface area (Å²) in [5.74, 6) is 1.49. The van der Waals surface area contributed by atoms with Gasteiger partial charge < -0.3 is 9.73 Å². The number of amides is 1. The molecule has 7 heteroatoms. The van der Waals surface area contributed by atoms with Crippen LogP contribution in [-0.2, 0) is 11.3 Å². The summed E-state index contributed by atoms with van der Waals surface area (Å²) in [5, 5.41) is 4.11. The van der Waals surface area contributed by atoms with E-state index >= 15 is 0 Å². The zero-order valence-corrected chi connectivity index (χ0v) is 18.6. The molecule has 0 saturated heterocycles. The summed E-state index contributed by atoms with van der Waals surface area (Å²) in [5.41, 5.74) is 0.491. The van der Waals surface area contributed by atoms with Crippen molar-refractivity contribution < 1.29 is 9.21 Å². The molecule has 1 unspecified atom stereocenters. The largest absolute Gasteiger partial charge is 0.467 e. The van der Waals surface area contributed by atoms with E-state index in [1.165, 1.54) is 11.8 Å². The van der Waals surface area contributed by atoms with E-state index < -0.39 is 0 Å². The fourth-order valence-electron chi connectivity index (χ4n) is 3.31. The van der Waals surface area contributed by atoms with Gasteiger partial charge in [0.2, 0.25) is 5.91 Å². The Labute approximate surface area is 181 Å². The van der Waals surface area contributed by atoms with Gasteiger partial charge in [-0.05, 0) is 43.5 Å². The summed E-state index contributed by atoms with van der Waals surface area (Å²) in [4.78, 5) is 30.1. The summed E-state index contributed by atoms with van der Waals surface area (Å²) in [6.07, 6.45) is 4.80. The monoisotopic (exact) mass is 427 g/mol. The van der Waals surface area contributed by atoms with E-state index in [0.717, 1.165) is 19.3 Å². The van der Waals surface area contributed by atoms with E-state index in [0.29, 0.717) is 27.7 Å². The van der Waals surface area contributed by atoms with Crippen molar-refractivity contribution >= 4 is 28.6 Å². The predicted octanol–water partition coefficient (Wildman–Crippen LogP) is 4.46. The second kappa shape index (κ2) is 10.5. The Morgan fingerprint density at radius 3 is 2.70 bits per heavy atom. The highest BCUT2D eigenvalue weighted by Crippen LogP contribution is 2.19. The molecule has 2 aromatic heterocycles. The Hall–Kier alpha value is -2.54. The first-order valence-corrected chi connectivity index (χ1v) is 11.4. The average molecular weight is 428 g/mol. The number of fused-ring (bicyclic) bond motifs is 1. The zero-order valence-electron chi connectivity index (χ0n) is 17.8. The van der Waals surface area contributed by atoms with Crippen LogP contribution in [0.5, 0.6) is 0 Å². The third-order valence-corrected chi connectivity index (χ3v) is 5.86. The third-order valence-electron chi connectivity index (χ3n) is 4.88. The van der Waals surface area contributed by atoms with E-state index in [2.05, 4.69) is 24.1 Å². The van der Waals surface area contributed by atoms with Crippen LogP contribution in [0.4, 0.5) is 0 Å². The topological polar surface area (TPSA) is 77.1 Å². The SMILES string of the molecule is CC(C)CCCC(C)NC(=O)CSc1nc2ccccc2c(=O)n1Cc1ccco1. The number of aromatic nitrogens is 2. The predicted molar refractivity (Wildman–Crippen MR) is 121 cm³/mol. The van der Waals surface area contributed by atoms with Gasteiger partial charge in [-0.3, -0.25) is 14.2 Å². The van der Waals surface area contributed by atoms with E-state index in [4.69, 9.17) is 4.42 Å². The summed E-state index contributed by atoms with van der Waals surface area (Å²) < 4.78 is 6.99. The number of nitrogens with zero attached hydrogens (tertiary/aromatic N) is 2. The van der Waals surface area contributed by atoms with Gasteiger partial charge in [0.1, 0.15) is 5.76 Å². The Kier molecular flexibility index (Phi) is 7.74. The number of nitrogens with one attached hydrogen (secondary N) is 1. The summed E-state index contributed by atoms with van der Waals surface area (Å²) >= 11 is 1.27. The lowest BCUT2D eigenvalue weighted by atomic mass is 10.0. The lowest BCUT2D eigenvalue weighted by Crippen LogP contribution is -2.34. The molecule has 6 nitrogen and oxygen atoms in total. The number of hydrogen-bond donors (Lipinski definition) is 1. The van der Waals surface area contributed by atoms with Gasteiger partial charge in [0, 0.05) is 6.04 Å². The van der Waals surface area contributed by atoms with Gasteiger partial charge in [0.05, 0.1) is 29.5 Å². The van der Waals surface area contributed by atoms with Gasteiger partial charge in [-0.2, -0.15) is 0 Å². The summed E-state index contributed by atoms with van der Waals surface area (Å²) in [6.45, 7) is 6.72. The zero-order chi connectivity index (χ0) is 21.5. The lowest BCUT2D eigenvalue weighted by molar-refractivity contribution is -0.119. The highest BCUT2D eigenvalue weighted by atomic mass is 32.2. The normalized spacial score (nSPS) is 12.4. The number of thioether (sulfide) groups is 1. The highest BCUT2D eigenvalue weighted by molar-refractivity contribution is 7.99. The van der Waals surface area contributed by atoms with Crippen LogP contribution < -0.4 is 10.9 Å². The molecule has 0 spiro atoms. The molecule has 0 aliphatic heterocycles. The molecule has 0 saturated carbocycles.